The summed E-state index contributed by atoms with van der Waals surface area (Å²) in [6, 6.07) is 0. The fourth-order valence-electron chi connectivity index (χ4n) is 6.15. The van der Waals surface area contributed by atoms with Gasteiger partial charge in [0.1, 0.15) is 13.2 Å². The second kappa shape index (κ2) is 45.6. The number of allylic oxidation sites excluding steroid dienone is 12. The van der Waals surface area contributed by atoms with E-state index in [-0.39, 0.29) is 31.6 Å². The van der Waals surface area contributed by atoms with Gasteiger partial charge in [0.2, 0.25) is 0 Å². The summed E-state index contributed by atoms with van der Waals surface area (Å²) in [5.74, 6) is -1.05. The van der Waals surface area contributed by atoms with E-state index in [4.69, 9.17) is 14.2 Å². The van der Waals surface area contributed by atoms with Crippen LogP contribution in [0.3, 0.4) is 0 Å². The smallest absolute Gasteiger partial charge is 0.306 e. The van der Waals surface area contributed by atoms with Crippen molar-refractivity contribution in [3.63, 3.8) is 0 Å². The molecule has 1 unspecified atom stereocenters. The van der Waals surface area contributed by atoms with Crippen LogP contribution in [0.15, 0.2) is 72.9 Å². The van der Waals surface area contributed by atoms with Crippen molar-refractivity contribution in [2.24, 2.45) is 0 Å². The van der Waals surface area contributed by atoms with Crippen molar-refractivity contribution in [1.82, 2.24) is 0 Å². The molecule has 326 valence electrons. The Balaban J connectivity index is 4.53. The molecule has 0 radical (unpaired) electrons. The summed E-state index contributed by atoms with van der Waals surface area (Å²) in [5.41, 5.74) is 0. The van der Waals surface area contributed by atoms with Crippen LogP contribution in [-0.2, 0) is 28.6 Å². The maximum atomic E-state index is 12.7. The first-order valence-corrected chi connectivity index (χ1v) is 23.4. The molecule has 0 aromatic heterocycles. The standard InChI is InChI=1S/C51H86O6/c1-4-7-10-13-16-19-22-25-27-29-32-35-38-41-44-50(53)56-47-48(46-55-49(52)43-40-37-34-31-28-24-21-18-15-12-9-6-3)57-51(54)45-42-39-36-33-30-26-23-20-17-14-11-8-5-2/h9,12,18,21,26-31,36,39,48H,4-8,10-11,13-17,19-20,22-25,32-35,37-38,40-47H2,1-3H3/b12-9-,21-18-,29-27-,30-26-,31-28-,39-36-. The molecule has 0 aliphatic rings. The fraction of sp³-hybridized carbons (Fsp3) is 0.706. The number of carbonyl (C=O) groups is 3. The topological polar surface area (TPSA) is 78.9 Å². The van der Waals surface area contributed by atoms with Gasteiger partial charge in [0.15, 0.2) is 6.10 Å². The molecule has 0 amide bonds. The van der Waals surface area contributed by atoms with Gasteiger partial charge in [-0.25, -0.2) is 0 Å². The van der Waals surface area contributed by atoms with Gasteiger partial charge < -0.3 is 14.2 Å². The van der Waals surface area contributed by atoms with Crippen LogP contribution in [0.1, 0.15) is 213 Å². The second-order valence-electron chi connectivity index (χ2n) is 15.3. The monoisotopic (exact) mass is 795 g/mol. The lowest BCUT2D eigenvalue weighted by molar-refractivity contribution is -0.166. The van der Waals surface area contributed by atoms with Gasteiger partial charge in [-0.15, -0.1) is 0 Å². The molecule has 6 nitrogen and oxygen atoms in total. The Morgan fingerprint density at radius 1 is 0.368 bits per heavy atom. The van der Waals surface area contributed by atoms with Crippen molar-refractivity contribution < 1.29 is 28.6 Å². The van der Waals surface area contributed by atoms with Crippen LogP contribution in [0.4, 0.5) is 0 Å². The van der Waals surface area contributed by atoms with Crippen molar-refractivity contribution >= 4 is 17.9 Å². The van der Waals surface area contributed by atoms with Crippen LogP contribution < -0.4 is 0 Å². The van der Waals surface area contributed by atoms with Crippen LogP contribution in [0.25, 0.3) is 0 Å². The number of ether oxygens (including phenoxy) is 3. The minimum Gasteiger partial charge on any atom is -0.462 e. The average Bonchev–Trinajstić information content (AvgIpc) is 3.21. The van der Waals surface area contributed by atoms with Gasteiger partial charge in [0.05, 0.1) is 0 Å². The third kappa shape index (κ3) is 43.8. The lowest BCUT2D eigenvalue weighted by Gasteiger charge is -2.18. The molecule has 0 spiro atoms. The molecular formula is C51H86O6. The van der Waals surface area contributed by atoms with Crippen molar-refractivity contribution in [3.8, 4) is 0 Å². The number of hydrogen-bond donors (Lipinski definition) is 0. The quantitative estimate of drug-likeness (QED) is 0.0265. The molecule has 0 N–H and O–H groups in total. The highest BCUT2D eigenvalue weighted by Gasteiger charge is 2.19. The summed E-state index contributed by atoms with van der Waals surface area (Å²) >= 11 is 0. The highest BCUT2D eigenvalue weighted by molar-refractivity contribution is 5.71. The average molecular weight is 795 g/mol. The number of rotatable bonds is 41. The van der Waals surface area contributed by atoms with E-state index in [2.05, 4.69) is 87.6 Å². The highest BCUT2D eigenvalue weighted by atomic mass is 16.6. The van der Waals surface area contributed by atoms with E-state index in [0.29, 0.717) is 19.3 Å². The van der Waals surface area contributed by atoms with Gasteiger partial charge >= 0.3 is 17.9 Å². The Morgan fingerprint density at radius 3 is 1.19 bits per heavy atom. The summed E-state index contributed by atoms with van der Waals surface area (Å²) in [6.07, 6.45) is 56.2. The zero-order valence-electron chi connectivity index (χ0n) is 37.1. The van der Waals surface area contributed by atoms with Crippen molar-refractivity contribution in [2.45, 2.75) is 219 Å². The first-order chi connectivity index (χ1) is 28.0. The second-order valence-corrected chi connectivity index (χ2v) is 15.3. The van der Waals surface area contributed by atoms with Crippen LogP contribution in [-0.4, -0.2) is 37.2 Å². The van der Waals surface area contributed by atoms with E-state index < -0.39 is 12.1 Å². The van der Waals surface area contributed by atoms with E-state index in [1.54, 1.807) is 0 Å². The molecule has 0 aromatic carbocycles. The van der Waals surface area contributed by atoms with E-state index in [9.17, 15) is 14.4 Å². The van der Waals surface area contributed by atoms with Crippen molar-refractivity contribution in [3.05, 3.63) is 72.9 Å². The third-order valence-corrected chi connectivity index (χ3v) is 9.68. The summed E-state index contributed by atoms with van der Waals surface area (Å²) in [6.45, 7) is 6.39. The van der Waals surface area contributed by atoms with E-state index in [0.717, 1.165) is 83.5 Å². The van der Waals surface area contributed by atoms with Gasteiger partial charge in [-0.2, -0.15) is 0 Å². The predicted molar refractivity (Wildman–Crippen MR) is 242 cm³/mol. The normalized spacial score (nSPS) is 12.7. The number of unbranched alkanes of at least 4 members (excludes halogenated alkanes) is 18. The van der Waals surface area contributed by atoms with E-state index >= 15 is 0 Å². The molecule has 0 heterocycles. The maximum absolute atomic E-state index is 12.7. The molecule has 0 bridgehead atoms. The minimum absolute atomic E-state index is 0.118. The Bertz CT molecular complexity index is 1100. The van der Waals surface area contributed by atoms with Gasteiger partial charge in [-0.05, 0) is 96.3 Å². The summed E-state index contributed by atoms with van der Waals surface area (Å²) < 4.78 is 16.6. The molecule has 0 saturated carbocycles. The number of carbonyl (C=O) groups excluding carboxylic acids is 3. The zero-order chi connectivity index (χ0) is 41.5. The fourth-order valence-corrected chi connectivity index (χ4v) is 6.15. The molecule has 0 fully saturated rings. The predicted octanol–water partition coefficient (Wildman–Crippen LogP) is 15.1. The van der Waals surface area contributed by atoms with E-state index in [1.165, 1.54) is 83.5 Å². The van der Waals surface area contributed by atoms with Crippen LogP contribution in [0.5, 0.6) is 0 Å². The Hall–Kier alpha value is -3.15. The van der Waals surface area contributed by atoms with Gasteiger partial charge in [-0.1, -0.05) is 171 Å². The first kappa shape index (κ1) is 53.9. The van der Waals surface area contributed by atoms with Gasteiger partial charge in [-0.3, -0.25) is 14.4 Å². The molecule has 0 aliphatic carbocycles. The molecule has 0 aliphatic heterocycles. The Kier molecular flexibility index (Phi) is 43.0. The van der Waals surface area contributed by atoms with Gasteiger partial charge in [0.25, 0.3) is 0 Å². The zero-order valence-corrected chi connectivity index (χ0v) is 37.1. The summed E-state index contributed by atoms with van der Waals surface area (Å²) in [7, 11) is 0. The van der Waals surface area contributed by atoms with Crippen molar-refractivity contribution in [1.29, 1.82) is 0 Å². The molecule has 6 heteroatoms. The Labute approximate surface area is 351 Å². The largest absolute Gasteiger partial charge is 0.462 e. The number of hydrogen-bond acceptors (Lipinski definition) is 6. The minimum atomic E-state index is -0.825. The number of esters is 3. The first-order valence-electron chi connectivity index (χ1n) is 23.4. The lowest BCUT2D eigenvalue weighted by atomic mass is 10.1. The SMILES string of the molecule is CC/C=C\C/C=C\C/C=C\CCCCC(=O)OCC(COC(=O)CCCCC/C=C\CCCCCCCCC)OC(=O)CC/C=C\C/C=C\CCCCCCCC. The molecule has 57 heavy (non-hydrogen) atoms. The van der Waals surface area contributed by atoms with Crippen LogP contribution >= 0.6 is 0 Å². The molecule has 1 atom stereocenters. The van der Waals surface area contributed by atoms with Crippen molar-refractivity contribution in [2.75, 3.05) is 13.2 Å². The molecule has 0 rings (SSSR count). The maximum Gasteiger partial charge on any atom is 0.306 e. The highest BCUT2D eigenvalue weighted by Crippen LogP contribution is 2.12. The third-order valence-electron chi connectivity index (χ3n) is 9.68. The summed E-state index contributed by atoms with van der Waals surface area (Å²) in [4.78, 5) is 37.7. The van der Waals surface area contributed by atoms with Gasteiger partial charge in [0, 0.05) is 19.3 Å². The lowest BCUT2D eigenvalue weighted by Crippen LogP contribution is -2.30. The van der Waals surface area contributed by atoms with Crippen LogP contribution in [0, 0.1) is 0 Å². The summed E-state index contributed by atoms with van der Waals surface area (Å²) in [5, 5.41) is 0. The molecule has 0 aromatic rings. The van der Waals surface area contributed by atoms with Crippen LogP contribution in [0.2, 0.25) is 0 Å². The Morgan fingerprint density at radius 2 is 0.719 bits per heavy atom. The molecular weight excluding hydrogens is 709 g/mol. The molecule has 0 saturated heterocycles. The van der Waals surface area contributed by atoms with E-state index in [1.807, 2.05) is 6.08 Å².